The number of β-amino-alcohol motifs (C(OH)–C–C–N with tert-alkyl or cyclic N) is 1. The summed E-state index contributed by atoms with van der Waals surface area (Å²) >= 11 is 0. The number of carbonyl (C=O) groups excluding carboxylic acids is 2. The van der Waals surface area contributed by atoms with Gasteiger partial charge in [0.2, 0.25) is 5.91 Å². The van der Waals surface area contributed by atoms with Crippen molar-refractivity contribution in [2.24, 2.45) is 5.92 Å². The first-order valence-corrected chi connectivity index (χ1v) is 14.2. The van der Waals surface area contributed by atoms with Gasteiger partial charge in [-0.25, -0.2) is 4.79 Å². The minimum Gasteiger partial charge on any atom is -0.390 e. The van der Waals surface area contributed by atoms with E-state index < -0.39 is 12.2 Å². The maximum Gasteiger partial charge on any atom is 0.320 e. The largest absolute Gasteiger partial charge is 0.390 e. The molecular formula is C29H44N4O4. The van der Waals surface area contributed by atoms with Crippen molar-refractivity contribution in [2.45, 2.75) is 81.1 Å². The Morgan fingerprint density at radius 1 is 1.03 bits per heavy atom. The summed E-state index contributed by atoms with van der Waals surface area (Å²) in [4.78, 5) is 34.7. The van der Waals surface area contributed by atoms with E-state index >= 15 is 0 Å². The first kappa shape index (κ1) is 26.4. The smallest absolute Gasteiger partial charge is 0.320 e. The van der Waals surface area contributed by atoms with E-state index in [0.29, 0.717) is 32.0 Å². The summed E-state index contributed by atoms with van der Waals surface area (Å²) in [6, 6.07) is 10.9. The number of amides is 3. The Hall–Kier alpha value is -2.16. The van der Waals surface area contributed by atoms with E-state index in [0.717, 1.165) is 32.2 Å². The molecule has 1 aromatic rings. The molecule has 2 unspecified atom stereocenters. The van der Waals surface area contributed by atoms with Crippen LogP contribution in [-0.4, -0.2) is 106 Å². The van der Waals surface area contributed by atoms with E-state index in [1.165, 1.54) is 24.8 Å². The minimum absolute atomic E-state index is 0.0270. The van der Waals surface area contributed by atoms with E-state index in [4.69, 9.17) is 0 Å². The number of likely N-dealkylation sites (tertiary alicyclic amines) is 1. The number of piperidine rings is 1. The molecule has 2 atom stereocenters. The number of benzene rings is 1. The summed E-state index contributed by atoms with van der Waals surface area (Å²) in [6.07, 6.45) is 6.57. The quantitative estimate of drug-likeness (QED) is 0.587. The number of rotatable bonds is 7. The second-order valence-electron chi connectivity index (χ2n) is 12.1. The first-order chi connectivity index (χ1) is 17.7. The third-order valence-corrected chi connectivity index (χ3v) is 9.89. The number of nitrogens with zero attached hydrogens (tertiary/aromatic N) is 4. The Bertz CT molecular complexity index is 958. The summed E-state index contributed by atoms with van der Waals surface area (Å²) in [6.45, 7) is 2.55. The lowest BCUT2D eigenvalue weighted by Gasteiger charge is -2.51. The van der Waals surface area contributed by atoms with Gasteiger partial charge in [0.25, 0.3) is 0 Å². The molecule has 8 nitrogen and oxygen atoms in total. The third-order valence-electron chi connectivity index (χ3n) is 9.89. The number of carbonyl (C=O) groups is 2. The van der Waals surface area contributed by atoms with Crippen molar-refractivity contribution < 1.29 is 19.8 Å². The monoisotopic (exact) mass is 512 g/mol. The van der Waals surface area contributed by atoms with E-state index in [2.05, 4.69) is 54.2 Å². The maximum atomic E-state index is 13.7. The highest BCUT2D eigenvalue weighted by molar-refractivity contribution is 5.80. The van der Waals surface area contributed by atoms with E-state index in [9.17, 15) is 19.8 Å². The van der Waals surface area contributed by atoms with Gasteiger partial charge < -0.3 is 24.9 Å². The standard InChI is InChI=1S/C29H44N4O4/c1-30(2)29(23-9-4-3-5-10-23)15-13-28(14-16-29)21-32(27(37)33(28)19-22-7-6-8-22)18-12-26(36)31-17-11-24(34)25(35)20-31/h3-5,9-10,22,24-25,34-35H,6-8,11-21H2,1-2H3/t24?,25?,28-,29-. The van der Waals surface area contributed by atoms with E-state index in [-0.39, 0.29) is 36.0 Å². The highest BCUT2D eigenvalue weighted by Crippen LogP contribution is 2.49. The normalized spacial score (nSPS) is 32.9. The molecule has 3 amide bonds. The summed E-state index contributed by atoms with van der Waals surface area (Å²) in [5.41, 5.74) is 1.15. The van der Waals surface area contributed by atoms with Gasteiger partial charge in [-0.2, -0.15) is 0 Å². The Labute approximate surface area is 221 Å². The second-order valence-corrected chi connectivity index (χ2v) is 12.1. The maximum absolute atomic E-state index is 13.7. The number of urea groups is 1. The van der Waals surface area contributed by atoms with Crippen molar-refractivity contribution in [3.05, 3.63) is 35.9 Å². The van der Waals surface area contributed by atoms with Crippen LogP contribution in [0.1, 0.15) is 63.4 Å². The molecule has 204 valence electrons. The zero-order chi connectivity index (χ0) is 26.2. The van der Waals surface area contributed by atoms with Crippen molar-refractivity contribution in [3.63, 3.8) is 0 Å². The Morgan fingerprint density at radius 3 is 2.32 bits per heavy atom. The van der Waals surface area contributed by atoms with Crippen LogP contribution in [0.15, 0.2) is 30.3 Å². The lowest BCUT2D eigenvalue weighted by atomic mass is 9.68. The Balaban J connectivity index is 1.29. The van der Waals surface area contributed by atoms with E-state index in [1.54, 1.807) is 4.90 Å². The molecule has 2 aliphatic heterocycles. The zero-order valence-electron chi connectivity index (χ0n) is 22.5. The van der Waals surface area contributed by atoms with Crippen molar-refractivity contribution in [3.8, 4) is 0 Å². The molecule has 37 heavy (non-hydrogen) atoms. The van der Waals surface area contributed by atoms with Gasteiger partial charge in [-0.15, -0.1) is 0 Å². The molecule has 2 saturated heterocycles. The molecule has 1 spiro atoms. The topological polar surface area (TPSA) is 87.6 Å². The predicted octanol–water partition coefficient (Wildman–Crippen LogP) is 2.64. The molecule has 4 fully saturated rings. The molecule has 1 aromatic carbocycles. The van der Waals surface area contributed by atoms with Crippen LogP contribution in [-0.2, 0) is 10.3 Å². The number of aliphatic hydroxyl groups is 2. The van der Waals surface area contributed by atoms with Gasteiger partial charge >= 0.3 is 6.03 Å². The van der Waals surface area contributed by atoms with Gasteiger partial charge in [-0.3, -0.25) is 9.69 Å². The highest BCUT2D eigenvalue weighted by atomic mass is 16.3. The molecule has 5 rings (SSSR count). The van der Waals surface area contributed by atoms with Crippen molar-refractivity contribution in [1.82, 2.24) is 19.6 Å². The van der Waals surface area contributed by atoms with Crippen LogP contribution in [0.3, 0.4) is 0 Å². The average molecular weight is 513 g/mol. The Kier molecular flexibility index (Phi) is 7.53. The van der Waals surface area contributed by atoms with Crippen LogP contribution in [0.5, 0.6) is 0 Å². The molecule has 0 bridgehead atoms. The first-order valence-electron chi connectivity index (χ1n) is 14.2. The second kappa shape index (κ2) is 10.5. The molecule has 0 radical (unpaired) electrons. The van der Waals surface area contributed by atoms with Crippen LogP contribution in [0.25, 0.3) is 0 Å². The molecular weight excluding hydrogens is 468 g/mol. The number of hydrogen-bond acceptors (Lipinski definition) is 5. The van der Waals surface area contributed by atoms with Crippen LogP contribution in [0.4, 0.5) is 4.79 Å². The van der Waals surface area contributed by atoms with Crippen LogP contribution in [0.2, 0.25) is 0 Å². The van der Waals surface area contributed by atoms with Gasteiger partial charge in [0, 0.05) is 44.7 Å². The summed E-state index contributed by atoms with van der Waals surface area (Å²) in [5.74, 6) is 0.544. The zero-order valence-corrected chi connectivity index (χ0v) is 22.5. The molecule has 4 aliphatic rings. The predicted molar refractivity (Wildman–Crippen MR) is 142 cm³/mol. The fraction of sp³-hybridized carbons (Fsp3) is 0.724. The number of hydrogen-bond donors (Lipinski definition) is 2. The summed E-state index contributed by atoms with van der Waals surface area (Å²) in [5, 5.41) is 19.8. The van der Waals surface area contributed by atoms with Crippen LogP contribution in [0, 0.1) is 5.92 Å². The van der Waals surface area contributed by atoms with Crippen molar-refractivity contribution in [1.29, 1.82) is 0 Å². The molecule has 2 heterocycles. The van der Waals surface area contributed by atoms with Gasteiger partial charge in [0.1, 0.15) is 0 Å². The summed E-state index contributed by atoms with van der Waals surface area (Å²) < 4.78 is 0. The van der Waals surface area contributed by atoms with Gasteiger partial charge in [0.05, 0.1) is 17.7 Å². The van der Waals surface area contributed by atoms with Gasteiger partial charge in [-0.1, -0.05) is 36.8 Å². The summed E-state index contributed by atoms with van der Waals surface area (Å²) in [7, 11) is 4.34. The molecule has 2 saturated carbocycles. The fourth-order valence-corrected chi connectivity index (χ4v) is 7.10. The SMILES string of the molecule is CN(C)[C@]1(c2ccccc2)CC[C@@]2(CC1)CN(CCC(=O)N1CCC(O)C(O)C1)C(=O)N2CC1CCC1. The van der Waals surface area contributed by atoms with Crippen LogP contribution < -0.4 is 0 Å². The van der Waals surface area contributed by atoms with Crippen molar-refractivity contribution >= 4 is 11.9 Å². The third kappa shape index (κ3) is 5.00. The van der Waals surface area contributed by atoms with E-state index in [1.807, 2.05) is 4.90 Å². The fourth-order valence-electron chi connectivity index (χ4n) is 7.10. The van der Waals surface area contributed by atoms with Gasteiger partial charge in [-0.05, 0) is 70.5 Å². The lowest BCUT2D eigenvalue weighted by Crippen LogP contribution is -2.56. The average Bonchev–Trinajstić information content (AvgIpc) is 3.12. The van der Waals surface area contributed by atoms with Gasteiger partial charge in [0.15, 0.2) is 0 Å². The molecule has 2 aliphatic carbocycles. The Morgan fingerprint density at radius 2 is 1.73 bits per heavy atom. The number of aliphatic hydroxyl groups excluding tert-OH is 2. The minimum atomic E-state index is -0.892. The van der Waals surface area contributed by atoms with Crippen LogP contribution >= 0.6 is 0 Å². The molecule has 8 heteroatoms. The highest BCUT2D eigenvalue weighted by Gasteiger charge is 2.54. The molecule has 0 aromatic heterocycles. The lowest BCUT2D eigenvalue weighted by molar-refractivity contribution is -0.137. The van der Waals surface area contributed by atoms with Crippen molar-refractivity contribution in [2.75, 3.05) is 46.8 Å². The molecule has 2 N–H and O–H groups in total.